The van der Waals surface area contributed by atoms with E-state index in [1.165, 1.54) is 4.90 Å². The largest absolute Gasteiger partial charge is 0.444 e. The Hall–Kier alpha value is -3.44. The van der Waals surface area contributed by atoms with E-state index in [-0.39, 0.29) is 12.3 Å². The van der Waals surface area contributed by atoms with Gasteiger partial charge in [0.15, 0.2) is 0 Å². The number of unbranched alkanes of at least 4 members (excludes halogenated alkanes) is 1. The zero-order valence-electron chi connectivity index (χ0n) is 22.2. The molecule has 0 aliphatic rings. The van der Waals surface area contributed by atoms with Crippen LogP contribution in [0.3, 0.4) is 0 Å². The molecule has 3 amide bonds. The molecule has 0 aliphatic carbocycles. The molecule has 0 spiro atoms. The lowest BCUT2D eigenvalue weighted by atomic mass is 9.97. The summed E-state index contributed by atoms with van der Waals surface area (Å²) in [6.07, 6.45) is 6.48. The molecule has 0 saturated carbocycles. The standard InChI is InChI=1S/C29H37N3O4S/c1-7-9-18-32(27(34)24(19-37)31-28(35)36-29(4,5)6)25(22-16-12-11-15-21(22)8-2)26(33)30-23-17-13-10-14-20(23)3/h2,10-17,24-25,37H,7,9,18-19H2,1,3-6H3,(H,30,33)(H,31,35). The second-order valence-electron chi connectivity index (χ2n) is 9.70. The quantitative estimate of drug-likeness (QED) is 0.298. The number of rotatable bonds is 10. The summed E-state index contributed by atoms with van der Waals surface area (Å²) in [5.41, 5.74) is 1.81. The predicted molar refractivity (Wildman–Crippen MR) is 151 cm³/mol. The van der Waals surface area contributed by atoms with Crippen molar-refractivity contribution in [1.29, 1.82) is 0 Å². The molecule has 2 N–H and O–H groups in total. The molecular formula is C29H37N3O4S. The third-order valence-electron chi connectivity index (χ3n) is 5.58. The Kier molecular flexibility index (Phi) is 11.1. The SMILES string of the molecule is C#Cc1ccccc1C(C(=O)Nc1ccccc1C)N(CCCC)C(=O)C(CS)NC(=O)OC(C)(C)C. The number of anilines is 1. The minimum Gasteiger partial charge on any atom is -0.444 e. The summed E-state index contributed by atoms with van der Waals surface area (Å²) in [5.74, 6) is 1.79. The van der Waals surface area contributed by atoms with E-state index >= 15 is 0 Å². The van der Waals surface area contributed by atoms with Crippen LogP contribution in [-0.2, 0) is 14.3 Å². The molecule has 2 aromatic rings. The average molecular weight is 524 g/mol. The maximum atomic E-state index is 13.9. The van der Waals surface area contributed by atoms with Gasteiger partial charge in [-0.3, -0.25) is 9.59 Å². The Morgan fingerprint density at radius 1 is 1.11 bits per heavy atom. The van der Waals surface area contributed by atoms with Crippen molar-refractivity contribution in [2.24, 2.45) is 0 Å². The third kappa shape index (κ3) is 8.57. The number of terminal acetylenes is 1. The first-order valence-corrected chi connectivity index (χ1v) is 13.0. The van der Waals surface area contributed by atoms with E-state index in [9.17, 15) is 14.4 Å². The number of aryl methyl sites for hydroxylation is 1. The van der Waals surface area contributed by atoms with Crippen LogP contribution in [0, 0.1) is 19.3 Å². The van der Waals surface area contributed by atoms with Crippen LogP contribution in [0.25, 0.3) is 0 Å². The van der Waals surface area contributed by atoms with Crippen LogP contribution < -0.4 is 10.6 Å². The van der Waals surface area contributed by atoms with E-state index in [2.05, 4.69) is 29.2 Å². The highest BCUT2D eigenvalue weighted by molar-refractivity contribution is 7.80. The summed E-state index contributed by atoms with van der Waals surface area (Å²) in [5, 5.41) is 5.58. The van der Waals surface area contributed by atoms with E-state index in [4.69, 9.17) is 11.2 Å². The number of hydrogen-bond acceptors (Lipinski definition) is 5. The minimum atomic E-state index is -1.03. The Bertz CT molecular complexity index is 1140. The maximum absolute atomic E-state index is 13.9. The summed E-state index contributed by atoms with van der Waals surface area (Å²) in [6, 6.07) is 12.4. The zero-order valence-corrected chi connectivity index (χ0v) is 23.1. The van der Waals surface area contributed by atoms with Crippen LogP contribution in [-0.4, -0.2) is 46.7 Å². The van der Waals surface area contributed by atoms with E-state index in [1.54, 1.807) is 51.1 Å². The topological polar surface area (TPSA) is 87.7 Å². The monoisotopic (exact) mass is 523 g/mol. The summed E-state index contributed by atoms with van der Waals surface area (Å²) in [6.45, 7) is 9.37. The Balaban J connectivity index is 2.54. The number of benzene rings is 2. The number of thiol groups is 1. The molecule has 198 valence electrons. The smallest absolute Gasteiger partial charge is 0.408 e. The van der Waals surface area contributed by atoms with Gasteiger partial charge in [-0.2, -0.15) is 12.6 Å². The molecule has 8 heteroatoms. The minimum absolute atomic E-state index is 0.0175. The van der Waals surface area contributed by atoms with Gasteiger partial charge in [0.1, 0.15) is 17.7 Å². The first-order valence-electron chi connectivity index (χ1n) is 12.3. The molecule has 2 aromatic carbocycles. The molecule has 0 aliphatic heterocycles. The molecule has 37 heavy (non-hydrogen) atoms. The fraction of sp³-hybridized carbons (Fsp3) is 0.414. The van der Waals surface area contributed by atoms with Crippen LogP contribution >= 0.6 is 12.6 Å². The van der Waals surface area contributed by atoms with Gasteiger partial charge in [0, 0.05) is 23.5 Å². The first kappa shape index (κ1) is 29.8. The van der Waals surface area contributed by atoms with Gasteiger partial charge in [-0.15, -0.1) is 6.42 Å². The highest BCUT2D eigenvalue weighted by Gasteiger charge is 2.36. The molecular weight excluding hydrogens is 486 g/mol. The number of alkyl carbamates (subject to hydrolysis) is 1. The van der Waals surface area contributed by atoms with Crippen molar-refractivity contribution < 1.29 is 19.1 Å². The van der Waals surface area contributed by atoms with Gasteiger partial charge < -0.3 is 20.3 Å². The number of nitrogens with zero attached hydrogens (tertiary/aromatic N) is 1. The first-order chi connectivity index (χ1) is 17.5. The van der Waals surface area contributed by atoms with Crippen molar-refractivity contribution >= 4 is 36.2 Å². The van der Waals surface area contributed by atoms with Crippen LogP contribution in [0.1, 0.15) is 63.3 Å². The molecule has 0 saturated heterocycles. The lowest BCUT2D eigenvalue weighted by Crippen LogP contribution is -2.53. The molecule has 2 unspecified atom stereocenters. The van der Waals surface area contributed by atoms with Crippen LogP contribution in [0.5, 0.6) is 0 Å². The average Bonchev–Trinajstić information content (AvgIpc) is 2.85. The van der Waals surface area contributed by atoms with Gasteiger partial charge in [0.05, 0.1) is 0 Å². The third-order valence-corrected chi connectivity index (χ3v) is 5.95. The lowest BCUT2D eigenvalue weighted by Gasteiger charge is -2.34. The van der Waals surface area contributed by atoms with Gasteiger partial charge in [-0.05, 0) is 57.4 Å². The van der Waals surface area contributed by atoms with Crippen LogP contribution in [0.15, 0.2) is 48.5 Å². The Morgan fingerprint density at radius 3 is 2.35 bits per heavy atom. The molecule has 0 aromatic heterocycles. The van der Waals surface area contributed by atoms with E-state index in [1.807, 2.05) is 32.0 Å². The van der Waals surface area contributed by atoms with Crippen molar-refractivity contribution in [3.8, 4) is 12.3 Å². The molecule has 2 rings (SSSR count). The predicted octanol–water partition coefficient (Wildman–Crippen LogP) is 5.11. The van der Waals surface area contributed by atoms with E-state index in [0.717, 1.165) is 12.0 Å². The normalized spacial score (nSPS) is 12.6. The number of carbonyl (C=O) groups is 3. The van der Waals surface area contributed by atoms with Crippen LogP contribution in [0.2, 0.25) is 0 Å². The Morgan fingerprint density at radius 2 is 1.76 bits per heavy atom. The van der Waals surface area contributed by atoms with Gasteiger partial charge >= 0.3 is 6.09 Å². The van der Waals surface area contributed by atoms with Crippen molar-refractivity contribution in [3.05, 3.63) is 65.2 Å². The molecule has 2 atom stereocenters. The zero-order chi connectivity index (χ0) is 27.6. The van der Waals surface area contributed by atoms with Gasteiger partial charge in [0.25, 0.3) is 5.91 Å². The van der Waals surface area contributed by atoms with Gasteiger partial charge in [-0.1, -0.05) is 55.7 Å². The van der Waals surface area contributed by atoms with Crippen molar-refractivity contribution in [2.75, 3.05) is 17.6 Å². The summed E-state index contributed by atoms with van der Waals surface area (Å²) >= 11 is 4.32. The van der Waals surface area contributed by atoms with E-state index < -0.39 is 35.6 Å². The molecule has 0 radical (unpaired) electrons. The van der Waals surface area contributed by atoms with Gasteiger partial charge in [0.2, 0.25) is 5.91 Å². The fourth-order valence-electron chi connectivity index (χ4n) is 3.76. The summed E-state index contributed by atoms with van der Waals surface area (Å²) in [7, 11) is 0. The molecule has 0 bridgehead atoms. The molecule has 7 nitrogen and oxygen atoms in total. The maximum Gasteiger partial charge on any atom is 0.408 e. The molecule has 0 heterocycles. The van der Waals surface area contributed by atoms with E-state index in [0.29, 0.717) is 23.2 Å². The summed E-state index contributed by atoms with van der Waals surface area (Å²) in [4.78, 5) is 41.7. The highest BCUT2D eigenvalue weighted by Crippen LogP contribution is 2.28. The number of carbonyl (C=O) groups excluding carboxylic acids is 3. The number of amides is 3. The molecule has 0 fully saturated rings. The van der Waals surface area contributed by atoms with Crippen LogP contribution in [0.4, 0.5) is 10.5 Å². The van der Waals surface area contributed by atoms with Crippen molar-refractivity contribution in [3.63, 3.8) is 0 Å². The second kappa shape index (κ2) is 13.8. The summed E-state index contributed by atoms with van der Waals surface area (Å²) < 4.78 is 5.34. The van der Waals surface area contributed by atoms with Crippen molar-refractivity contribution in [2.45, 2.75) is 65.1 Å². The second-order valence-corrected chi connectivity index (χ2v) is 10.1. The number of para-hydroxylation sites is 1. The number of ether oxygens (including phenoxy) is 1. The fourth-order valence-corrected chi connectivity index (χ4v) is 4.01. The number of hydrogen-bond donors (Lipinski definition) is 3. The van der Waals surface area contributed by atoms with Crippen molar-refractivity contribution in [1.82, 2.24) is 10.2 Å². The highest BCUT2D eigenvalue weighted by atomic mass is 32.1. The number of nitrogens with one attached hydrogen (secondary N) is 2. The Labute approximate surface area is 225 Å². The van der Waals surface area contributed by atoms with Gasteiger partial charge in [-0.25, -0.2) is 4.79 Å². The lowest BCUT2D eigenvalue weighted by molar-refractivity contribution is -0.140.